The van der Waals surface area contributed by atoms with Crippen LogP contribution in [0, 0.1) is 0 Å². The third-order valence-electron chi connectivity index (χ3n) is 1.25. The molecule has 0 amide bonds. The third kappa shape index (κ3) is 2.89. The van der Waals surface area contributed by atoms with Crippen LogP contribution < -0.4 is 0 Å². The third-order valence-corrected chi connectivity index (χ3v) is 2.32. The van der Waals surface area contributed by atoms with Crippen molar-refractivity contribution >= 4 is 17.3 Å². The molecule has 2 heteroatoms. The topological polar surface area (TPSA) is 12.4 Å². The molecular weight excluding hydrogens is 130 g/mol. The SMILES string of the molecule is CC.CC1N=CSC1C. The van der Waals surface area contributed by atoms with Crippen molar-refractivity contribution in [1.82, 2.24) is 0 Å². The largest absolute Gasteiger partial charge is 0.282 e. The van der Waals surface area contributed by atoms with E-state index in [1.807, 2.05) is 31.2 Å². The molecule has 0 radical (unpaired) electrons. The summed E-state index contributed by atoms with van der Waals surface area (Å²) in [5.41, 5.74) is 1.94. The highest BCUT2D eigenvalue weighted by atomic mass is 32.2. The van der Waals surface area contributed by atoms with Gasteiger partial charge in [0.05, 0.1) is 11.6 Å². The highest BCUT2D eigenvalue weighted by molar-refractivity contribution is 8.12. The number of rotatable bonds is 0. The second-order valence-electron chi connectivity index (χ2n) is 1.84. The molecule has 0 aromatic rings. The lowest BCUT2D eigenvalue weighted by molar-refractivity contribution is 0.751. The van der Waals surface area contributed by atoms with Crippen LogP contribution in [0.3, 0.4) is 0 Å². The van der Waals surface area contributed by atoms with Crippen molar-refractivity contribution in [2.24, 2.45) is 4.99 Å². The Bertz CT molecular complexity index is 90.9. The van der Waals surface area contributed by atoms with E-state index in [1.165, 1.54) is 0 Å². The van der Waals surface area contributed by atoms with Crippen LogP contribution in [0.5, 0.6) is 0 Å². The molecule has 1 heterocycles. The van der Waals surface area contributed by atoms with Crippen LogP contribution in [-0.2, 0) is 0 Å². The van der Waals surface area contributed by atoms with Gasteiger partial charge in [-0.05, 0) is 6.92 Å². The van der Waals surface area contributed by atoms with Gasteiger partial charge in [0, 0.05) is 5.25 Å². The molecule has 1 rings (SSSR count). The molecule has 1 aliphatic heterocycles. The van der Waals surface area contributed by atoms with Gasteiger partial charge in [0.15, 0.2) is 0 Å². The Labute approximate surface area is 61.9 Å². The summed E-state index contributed by atoms with van der Waals surface area (Å²) in [6.45, 7) is 8.34. The van der Waals surface area contributed by atoms with E-state index < -0.39 is 0 Å². The normalized spacial score (nSPS) is 31.6. The van der Waals surface area contributed by atoms with Crippen molar-refractivity contribution in [2.75, 3.05) is 0 Å². The summed E-state index contributed by atoms with van der Waals surface area (Å²) in [4.78, 5) is 4.16. The molecule has 1 nitrogen and oxygen atoms in total. The van der Waals surface area contributed by atoms with Gasteiger partial charge in [-0.1, -0.05) is 20.8 Å². The summed E-state index contributed by atoms with van der Waals surface area (Å²) in [7, 11) is 0. The standard InChI is InChI=1S/C5H9NS.C2H6/c1-4-5(2)7-3-6-4;1-2/h3-5H,1-2H3;1-2H3. The molecule has 0 bridgehead atoms. The predicted molar refractivity (Wildman–Crippen MR) is 46.4 cm³/mol. The molecule has 0 N–H and O–H groups in total. The van der Waals surface area contributed by atoms with Crippen LogP contribution in [0.25, 0.3) is 0 Å². The molecule has 9 heavy (non-hydrogen) atoms. The molecule has 0 saturated carbocycles. The van der Waals surface area contributed by atoms with Gasteiger partial charge in [-0.3, -0.25) is 4.99 Å². The molecule has 0 aromatic heterocycles. The summed E-state index contributed by atoms with van der Waals surface area (Å²) in [6.07, 6.45) is 0. The predicted octanol–water partition coefficient (Wildman–Crippen LogP) is 2.56. The molecule has 2 unspecified atom stereocenters. The lowest BCUT2D eigenvalue weighted by Gasteiger charge is -2.02. The first-order valence-electron chi connectivity index (χ1n) is 3.48. The van der Waals surface area contributed by atoms with Crippen LogP contribution in [0.1, 0.15) is 27.7 Å². The Morgan fingerprint density at radius 3 is 2.00 bits per heavy atom. The average molecular weight is 145 g/mol. The fourth-order valence-electron chi connectivity index (χ4n) is 0.462. The molecule has 0 aliphatic carbocycles. The van der Waals surface area contributed by atoms with Crippen LogP contribution in [0.15, 0.2) is 4.99 Å². The van der Waals surface area contributed by atoms with Crippen LogP contribution in [0.4, 0.5) is 0 Å². The minimum Gasteiger partial charge on any atom is -0.282 e. The molecular formula is C7H15NS. The van der Waals surface area contributed by atoms with Crippen LogP contribution in [-0.4, -0.2) is 16.8 Å². The van der Waals surface area contributed by atoms with Gasteiger partial charge >= 0.3 is 0 Å². The van der Waals surface area contributed by atoms with E-state index in [0.717, 1.165) is 0 Å². The second-order valence-corrected chi connectivity index (χ2v) is 3.06. The molecule has 0 saturated heterocycles. The lowest BCUT2D eigenvalue weighted by Crippen LogP contribution is -2.06. The van der Waals surface area contributed by atoms with Gasteiger partial charge in [-0.2, -0.15) is 0 Å². The molecule has 0 aromatic carbocycles. The Hall–Kier alpha value is 0.0200. The van der Waals surface area contributed by atoms with Crippen LogP contribution in [0.2, 0.25) is 0 Å². The number of hydrogen-bond acceptors (Lipinski definition) is 2. The number of aliphatic imine (C=N–C) groups is 1. The Morgan fingerprint density at radius 2 is 1.89 bits per heavy atom. The first-order valence-corrected chi connectivity index (χ1v) is 4.42. The molecule has 1 aliphatic rings. The first-order chi connectivity index (χ1) is 4.30. The van der Waals surface area contributed by atoms with Crippen molar-refractivity contribution in [2.45, 2.75) is 39.0 Å². The van der Waals surface area contributed by atoms with Crippen molar-refractivity contribution in [3.05, 3.63) is 0 Å². The average Bonchev–Trinajstić information content (AvgIpc) is 2.23. The quantitative estimate of drug-likeness (QED) is 0.510. The molecule has 0 fully saturated rings. The van der Waals surface area contributed by atoms with E-state index in [0.29, 0.717) is 11.3 Å². The summed E-state index contributed by atoms with van der Waals surface area (Å²) in [6, 6.07) is 0.546. The van der Waals surface area contributed by atoms with Gasteiger partial charge in [0.25, 0.3) is 0 Å². The molecule has 0 spiro atoms. The van der Waals surface area contributed by atoms with E-state index >= 15 is 0 Å². The van der Waals surface area contributed by atoms with E-state index in [-0.39, 0.29) is 0 Å². The van der Waals surface area contributed by atoms with Crippen LogP contribution >= 0.6 is 11.8 Å². The number of hydrogen-bond donors (Lipinski definition) is 0. The zero-order valence-electron chi connectivity index (χ0n) is 6.59. The zero-order valence-corrected chi connectivity index (χ0v) is 7.40. The number of thioether (sulfide) groups is 1. The summed E-state index contributed by atoms with van der Waals surface area (Å²) >= 11 is 1.81. The van der Waals surface area contributed by atoms with Gasteiger partial charge in [-0.25, -0.2) is 0 Å². The highest BCUT2D eigenvalue weighted by Crippen LogP contribution is 2.19. The summed E-state index contributed by atoms with van der Waals surface area (Å²) in [5.74, 6) is 0. The van der Waals surface area contributed by atoms with E-state index in [2.05, 4.69) is 18.8 Å². The second kappa shape index (κ2) is 4.86. The van der Waals surface area contributed by atoms with E-state index in [1.54, 1.807) is 0 Å². The van der Waals surface area contributed by atoms with Crippen molar-refractivity contribution < 1.29 is 0 Å². The van der Waals surface area contributed by atoms with E-state index in [4.69, 9.17) is 0 Å². The highest BCUT2D eigenvalue weighted by Gasteiger charge is 2.13. The van der Waals surface area contributed by atoms with Gasteiger partial charge in [0.2, 0.25) is 0 Å². The molecule has 54 valence electrons. The lowest BCUT2D eigenvalue weighted by atomic mass is 10.3. The van der Waals surface area contributed by atoms with Gasteiger partial charge in [-0.15, -0.1) is 11.8 Å². The fraction of sp³-hybridized carbons (Fsp3) is 0.857. The zero-order chi connectivity index (χ0) is 7.28. The summed E-state index contributed by atoms with van der Waals surface area (Å²) < 4.78 is 0. The monoisotopic (exact) mass is 145 g/mol. The minimum absolute atomic E-state index is 0.546. The fourth-order valence-corrected chi connectivity index (χ4v) is 1.21. The Morgan fingerprint density at radius 1 is 1.33 bits per heavy atom. The molecule has 2 atom stereocenters. The Balaban J connectivity index is 0.000000291. The minimum atomic E-state index is 0.546. The Kier molecular flexibility index (Phi) is 4.87. The van der Waals surface area contributed by atoms with E-state index in [9.17, 15) is 0 Å². The number of nitrogens with zero attached hydrogens (tertiary/aromatic N) is 1. The maximum Gasteiger partial charge on any atom is 0.0597 e. The maximum absolute atomic E-state index is 4.16. The van der Waals surface area contributed by atoms with Gasteiger partial charge in [0.1, 0.15) is 0 Å². The van der Waals surface area contributed by atoms with Crippen molar-refractivity contribution in [1.29, 1.82) is 0 Å². The van der Waals surface area contributed by atoms with Gasteiger partial charge < -0.3 is 0 Å². The smallest absolute Gasteiger partial charge is 0.0597 e. The summed E-state index contributed by atoms with van der Waals surface area (Å²) in [5, 5.41) is 0.708. The van der Waals surface area contributed by atoms with Crippen molar-refractivity contribution in [3.63, 3.8) is 0 Å². The maximum atomic E-state index is 4.16. The van der Waals surface area contributed by atoms with Crippen molar-refractivity contribution in [3.8, 4) is 0 Å². The first kappa shape index (κ1) is 9.02.